The molecule has 2 heterocycles. The summed E-state index contributed by atoms with van der Waals surface area (Å²) in [6, 6.07) is 3.80. The monoisotopic (exact) mass is 287 g/mol. The molecule has 6 heteroatoms. The average molecular weight is 287 g/mol. The van der Waals surface area contributed by atoms with Gasteiger partial charge in [-0.2, -0.15) is 5.10 Å². The molecular weight excluding hydrogens is 264 g/mol. The van der Waals surface area contributed by atoms with Gasteiger partial charge in [0, 0.05) is 16.9 Å². The number of anilines is 1. The first-order valence-electron chi connectivity index (χ1n) is 7.56. The Morgan fingerprint density at radius 2 is 2.05 bits per heavy atom. The predicted octanol–water partition coefficient (Wildman–Crippen LogP) is 2.55. The maximum absolute atomic E-state index is 4.52. The van der Waals surface area contributed by atoms with E-state index in [-0.39, 0.29) is 0 Å². The van der Waals surface area contributed by atoms with E-state index in [1.54, 1.807) is 10.8 Å². The third-order valence-corrected chi connectivity index (χ3v) is 4.32. The van der Waals surface area contributed by atoms with Gasteiger partial charge in [-0.25, -0.2) is 0 Å². The number of H-pyrrole nitrogens is 1. The van der Waals surface area contributed by atoms with Crippen LogP contribution in [0, 0.1) is 11.3 Å². The first kappa shape index (κ1) is 14.0. The Kier molecular flexibility index (Phi) is 3.61. The molecule has 0 saturated heterocycles. The summed E-state index contributed by atoms with van der Waals surface area (Å²) in [6.45, 7) is 7.00. The second kappa shape index (κ2) is 5.42. The van der Waals surface area contributed by atoms with Crippen LogP contribution in [0.25, 0.3) is 5.65 Å². The topological polar surface area (TPSA) is 70.1 Å². The molecule has 0 aromatic carbocycles. The van der Waals surface area contributed by atoms with E-state index in [0.717, 1.165) is 30.2 Å². The average Bonchev–Trinajstić information content (AvgIpc) is 2.92. The fourth-order valence-electron chi connectivity index (χ4n) is 2.89. The van der Waals surface area contributed by atoms with Crippen molar-refractivity contribution in [2.75, 3.05) is 5.43 Å². The van der Waals surface area contributed by atoms with Crippen LogP contribution in [0.4, 0.5) is 5.82 Å². The zero-order chi connectivity index (χ0) is 14.9. The number of nitrogens with zero attached hydrogens (tertiary/aromatic N) is 4. The Balaban J connectivity index is 1.62. The van der Waals surface area contributed by atoms with Gasteiger partial charge < -0.3 is 0 Å². The molecule has 112 valence electrons. The molecule has 0 spiro atoms. The Labute approximate surface area is 124 Å². The van der Waals surface area contributed by atoms with Crippen LogP contribution in [0.1, 0.15) is 46.5 Å². The molecule has 0 aliphatic heterocycles. The quantitative estimate of drug-likeness (QED) is 0.658. The van der Waals surface area contributed by atoms with Crippen molar-refractivity contribution in [3.63, 3.8) is 0 Å². The summed E-state index contributed by atoms with van der Waals surface area (Å²) in [5.41, 5.74) is 5.51. The van der Waals surface area contributed by atoms with Crippen molar-refractivity contribution >= 4 is 17.2 Å². The lowest BCUT2D eigenvalue weighted by Crippen LogP contribution is -2.26. The van der Waals surface area contributed by atoms with Crippen LogP contribution < -0.4 is 9.94 Å². The first-order chi connectivity index (χ1) is 10.0. The molecule has 2 aromatic rings. The van der Waals surface area contributed by atoms with Gasteiger partial charge in [0.15, 0.2) is 5.82 Å². The Morgan fingerprint density at radius 3 is 2.76 bits per heavy atom. The van der Waals surface area contributed by atoms with Crippen LogP contribution in [-0.2, 0) is 0 Å². The smallest absolute Gasteiger partial charge is 0.259 e. The molecule has 6 nitrogen and oxygen atoms in total. The third kappa shape index (κ3) is 3.20. The maximum Gasteiger partial charge on any atom is 0.325 e. The number of hydrogen-bond acceptors (Lipinski definition) is 4. The number of rotatable bonds is 2. The fraction of sp³-hybridized carbons (Fsp3) is 0.600. The van der Waals surface area contributed by atoms with E-state index in [4.69, 9.17) is 0 Å². The lowest BCUT2D eigenvalue weighted by molar-refractivity contribution is -0.579. The van der Waals surface area contributed by atoms with Gasteiger partial charge >= 0.3 is 5.65 Å². The Morgan fingerprint density at radius 1 is 1.29 bits per heavy atom. The van der Waals surface area contributed by atoms with Crippen molar-refractivity contribution in [3.05, 3.63) is 18.5 Å². The minimum Gasteiger partial charge on any atom is -0.259 e. The molecule has 1 saturated carbocycles. The fourth-order valence-corrected chi connectivity index (χ4v) is 2.89. The summed E-state index contributed by atoms with van der Waals surface area (Å²) in [5.74, 6) is 1.53. The Bertz CT molecular complexity index is 641. The van der Waals surface area contributed by atoms with Gasteiger partial charge in [0.2, 0.25) is 6.33 Å². The van der Waals surface area contributed by atoms with Gasteiger partial charge in [0.25, 0.3) is 0 Å². The van der Waals surface area contributed by atoms with E-state index >= 15 is 0 Å². The van der Waals surface area contributed by atoms with Gasteiger partial charge in [-0.15, -0.1) is 9.61 Å². The van der Waals surface area contributed by atoms with Crippen LogP contribution in [0.2, 0.25) is 0 Å². The highest BCUT2D eigenvalue weighted by atomic mass is 15.4. The van der Waals surface area contributed by atoms with E-state index in [2.05, 4.69) is 46.6 Å². The molecule has 3 rings (SSSR count). The van der Waals surface area contributed by atoms with Crippen molar-refractivity contribution in [1.82, 2.24) is 15.3 Å². The van der Waals surface area contributed by atoms with Crippen LogP contribution in [-0.4, -0.2) is 21.0 Å². The standard InChI is InChI=1S/C15H22N6/c1-15(2,3)11-4-6-12(7-5-11)17-18-13-8-9-14-19-16-10-21(14)20-13/h8-11H,4-7H2,1-3H3,(H,18,20)/p+1. The van der Waals surface area contributed by atoms with Gasteiger partial charge in [0.05, 0.1) is 0 Å². The number of nitrogens with one attached hydrogen (secondary N) is 2. The zero-order valence-electron chi connectivity index (χ0n) is 12.9. The molecule has 1 aliphatic rings. The zero-order valence-corrected chi connectivity index (χ0v) is 12.9. The summed E-state index contributed by atoms with van der Waals surface area (Å²) in [6.07, 6.45) is 6.33. The SMILES string of the molecule is CC(C)(C)C1CCC(=NNc2ccc3n[nH]c[n+]3n2)CC1. The summed E-state index contributed by atoms with van der Waals surface area (Å²) >= 11 is 0. The van der Waals surface area contributed by atoms with E-state index in [1.807, 2.05) is 12.1 Å². The maximum atomic E-state index is 4.52. The van der Waals surface area contributed by atoms with Crippen LogP contribution >= 0.6 is 0 Å². The van der Waals surface area contributed by atoms with Crippen molar-refractivity contribution in [2.24, 2.45) is 16.4 Å². The van der Waals surface area contributed by atoms with E-state index in [9.17, 15) is 0 Å². The second-order valence-electron chi connectivity index (χ2n) is 6.82. The van der Waals surface area contributed by atoms with Crippen LogP contribution in [0.3, 0.4) is 0 Å². The number of hydrogen-bond donors (Lipinski definition) is 2. The minimum absolute atomic E-state index is 0.406. The number of hydrazone groups is 1. The largest absolute Gasteiger partial charge is 0.325 e. The number of fused-ring (bicyclic) bond motifs is 1. The van der Waals surface area contributed by atoms with Crippen LogP contribution in [0.15, 0.2) is 23.6 Å². The molecule has 0 radical (unpaired) electrons. The second-order valence-corrected chi connectivity index (χ2v) is 6.82. The minimum atomic E-state index is 0.406. The normalized spacial score (nSPS) is 19.8. The molecule has 0 atom stereocenters. The van der Waals surface area contributed by atoms with Crippen molar-refractivity contribution in [3.8, 4) is 0 Å². The highest BCUT2D eigenvalue weighted by Gasteiger charge is 2.28. The summed E-state index contributed by atoms with van der Waals surface area (Å²) < 4.78 is 1.69. The van der Waals surface area contributed by atoms with Gasteiger partial charge in [-0.05, 0) is 43.1 Å². The number of aromatic amines is 1. The summed E-state index contributed by atoms with van der Waals surface area (Å²) in [5, 5.41) is 15.7. The lowest BCUT2D eigenvalue weighted by atomic mass is 9.72. The Hall–Kier alpha value is -1.98. The van der Waals surface area contributed by atoms with Crippen molar-refractivity contribution in [1.29, 1.82) is 0 Å². The van der Waals surface area contributed by atoms with Crippen molar-refractivity contribution in [2.45, 2.75) is 46.5 Å². The molecule has 1 fully saturated rings. The van der Waals surface area contributed by atoms with E-state index < -0.39 is 0 Å². The molecule has 0 unspecified atom stereocenters. The number of aromatic nitrogens is 4. The summed E-state index contributed by atoms with van der Waals surface area (Å²) in [4.78, 5) is 0. The predicted molar refractivity (Wildman–Crippen MR) is 82.0 cm³/mol. The molecule has 1 aliphatic carbocycles. The van der Waals surface area contributed by atoms with Crippen LogP contribution in [0.5, 0.6) is 0 Å². The van der Waals surface area contributed by atoms with E-state index in [0.29, 0.717) is 5.41 Å². The van der Waals surface area contributed by atoms with Gasteiger partial charge in [-0.1, -0.05) is 25.9 Å². The molecule has 2 N–H and O–H groups in total. The first-order valence-corrected chi connectivity index (χ1v) is 7.56. The lowest BCUT2D eigenvalue weighted by Gasteiger charge is -2.34. The summed E-state index contributed by atoms with van der Waals surface area (Å²) in [7, 11) is 0. The highest BCUT2D eigenvalue weighted by molar-refractivity contribution is 5.85. The molecule has 0 amide bonds. The molecule has 21 heavy (non-hydrogen) atoms. The molecular formula is C15H23N6+. The highest BCUT2D eigenvalue weighted by Crippen LogP contribution is 2.36. The molecule has 2 aromatic heterocycles. The van der Waals surface area contributed by atoms with Gasteiger partial charge in [0.1, 0.15) is 0 Å². The van der Waals surface area contributed by atoms with Crippen molar-refractivity contribution < 1.29 is 4.52 Å². The van der Waals surface area contributed by atoms with Gasteiger partial charge in [-0.3, -0.25) is 5.43 Å². The third-order valence-electron chi connectivity index (χ3n) is 4.32. The molecule has 0 bridgehead atoms. The van der Waals surface area contributed by atoms with E-state index in [1.165, 1.54) is 18.6 Å².